The van der Waals surface area contributed by atoms with E-state index in [1.54, 1.807) is 0 Å². The summed E-state index contributed by atoms with van der Waals surface area (Å²) in [4.78, 5) is 2.85. The molecule has 0 bridgehead atoms. The third-order valence-electron chi connectivity index (χ3n) is 4.27. The van der Waals surface area contributed by atoms with E-state index in [0.29, 0.717) is 0 Å². The monoisotopic (exact) mass is 194 g/mol. The minimum absolute atomic E-state index is 0.891. The minimum Gasteiger partial charge on any atom is -0.315 e. The molecule has 2 heterocycles. The van der Waals surface area contributed by atoms with Crippen molar-refractivity contribution in [3.8, 4) is 0 Å². The molecule has 0 aromatic carbocycles. The highest BCUT2D eigenvalue weighted by molar-refractivity contribution is 4.95. The van der Waals surface area contributed by atoms with Gasteiger partial charge in [0.15, 0.2) is 0 Å². The van der Waals surface area contributed by atoms with Gasteiger partial charge in [0.25, 0.3) is 0 Å². The van der Waals surface area contributed by atoms with Gasteiger partial charge in [0.2, 0.25) is 0 Å². The summed E-state index contributed by atoms with van der Waals surface area (Å²) in [5.41, 5.74) is 0. The maximum atomic E-state index is 3.63. The van der Waals surface area contributed by atoms with Crippen LogP contribution in [-0.2, 0) is 0 Å². The van der Waals surface area contributed by atoms with Crippen LogP contribution in [0.4, 0.5) is 0 Å². The fourth-order valence-corrected chi connectivity index (χ4v) is 3.32. The van der Waals surface area contributed by atoms with Crippen LogP contribution in [0.2, 0.25) is 0 Å². The van der Waals surface area contributed by atoms with Gasteiger partial charge in [-0.15, -0.1) is 0 Å². The molecule has 0 amide bonds. The third kappa shape index (κ3) is 1.70. The van der Waals surface area contributed by atoms with Crippen LogP contribution in [0, 0.1) is 5.92 Å². The van der Waals surface area contributed by atoms with E-state index in [-0.39, 0.29) is 0 Å². The molecule has 2 heteroatoms. The van der Waals surface area contributed by atoms with Crippen LogP contribution in [0.3, 0.4) is 0 Å². The van der Waals surface area contributed by atoms with E-state index in [9.17, 15) is 0 Å². The first-order chi connectivity index (χ1) is 6.95. The minimum atomic E-state index is 0.891. The lowest BCUT2D eigenvalue weighted by atomic mass is 9.97. The summed E-state index contributed by atoms with van der Waals surface area (Å²) in [6, 6.07) is 1.81. The summed E-state index contributed by atoms with van der Waals surface area (Å²) >= 11 is 0. The zero-order valence-electron chi connectivity index (χ0n) is 9.04. The van der Waals surface area contributed by atoms with Crippen molar-refractivity contribution in [1.82, 2.24) is 10.2 Å². The standard InChI is InChI=1S/C12H22N2/c1-2-8-14-11(3-1)6-7-13-9-12(14)10-4-5-10/h10-13H,1-9H2. The largest absolute Gasteiger partial charge is 0.315 e. The SMILES string of the molecule is C1CCN2C(C1)CCNCC2C1CC1. The van der Waals surface area contributed by atoms with Gasteiger partial charge in [0.05, 0.1) is 0 Å². The number of hydrogen-bond acceptors (Lipinski definition) is 2. The van der Waals surface area contributed by atoms with Crippen molar-refractivity contribution in [3.63, 3.8) is 0 Å². The second-order valence-corrected chi connectivity index (χ2v) is 5.29. The van der Waals surface area contributed by atoms with Crippen molar-refractivity contribution in [1.29, 1.82) is 0 Å². The lowest BCUT2D eigenvalue weighted by Gasteiger charge is -2.39. The van der Waals surface area contributed by atoms with Crippen LogP contribution in [-0.4, -0.2) is 36.6 Å². The van der Waals surface area contributed by atoms with E-state index >= 15 is 0 Å². The second kappa shape index (κ2) is 3.82. The summed E-state index contributed by atoms with van der Waals surface area (Å²) in [6.07, 6.45) is 8.76. The lowest BCUT2D eigenvalue weighted by molar-refractivity contribution is 0.0923. The first-order valence-electron chi connectivity index (χ1n) is 6.41. The zero-order valence-corrected chi connectivity index (χ0v) is 9.04. The number of piperidine rings is 1. The average molecular weight is 194 g/mol. The smallest absolute Gasteiger partial charge is 0.0251 e. The highest BCUT2D eigenvalue weighted by atomic mass is 15.2. The summed E-state index contributed by atoms with van der Waals surface area (Å²) in [5.74, 6) is 1.04. The molecule has 2 saturated heterocycles. The highest BCUT2D eigenvalue weighted by Crippen LogP contribution is 2.38. The van der Waals surface area contributed by atoms with E-state index < -0.39 is 0 Å². The number of rotatable bonds is 1. The van der Waals surface area contributed by atoms with E-state index in [2.05, 4.69) is 10.2 Å². The maximum absolute atomic E-state index is 3.63. The Kier molecular flexibility index (Phi) is 2.50. The third-order valence-corrected chi connectivity index (χ3v) is 4.27. The Labute approximate surface area is 87.0 Å². The van der Waals surface area contributed by atoms with Gasteiger partial charge >= 0.3 is 0 Å². The van der Waals surface area contributed by atoms with Gasteiger partial charge in [-0.1, -0.05) is 6.42 Å². The van der Waals surface area contributed by atoms with Gasteiger partial charge in [-0.25, -0.2) is 0 Å². The molecule has 1 aliphatic carbocycles. The molecule has 1 N–H and O–H groups in total. The maximum Gasteiger partial charge on any atom is 0.0251 e. The molecule has 3 fully saturated rings. The van der Waals surface area contributed by atoms with Crippen LogP contribution < -0.4 is 5.32 Å². The number of fused-ring (bicyclic) bond motifs is 1. The van der Waals surface area contributed by atoms with E-state index in [4.69, 9.17) is 0 Å². The predicted octanol–water partition coefficient (Wildman–Crippen LogP) is 1.61. The van der Waals surface area contributed by atoms with Crippen LogP contribution in [0.15, 0.2) is 0 Å². The molecule has 2 aliphatic heterocycles. The Morgan fingerprint density at radius 3 is 2.79 bits per heavy atom. The molecule has 0 radical (unpaired) electrons. The van der Waals surface area contributed by atoms with Crippen molar-refractivity contribution >= 4 is 0 Å². The fraction of sp³-hybridized carbons (Fsp3) is 1.00. The van der Waals surface area contributed by atoms with Gasteiger partial charge in [0, 0.05) is 18.6 Å². The Bertz CT molecular complexity index is 200. The molecule has 3 aliphatic rings. The van der Waals surface area contributed by atoms with Gasteiger partial charge < -0.3 is 5.32 Å². The van der Waals surface area contributed by atoms with Gasteiger partial charge in [-0.3, -0.25) is 4.90 Å². The van der Waals surface area contributed by atoms with E-state index in [1.807, 2.05) is 0 Å². The Morgan fingerprint density at radius 1 is 1.00 bits per heavy atom. The average Bonchev–Trinajstić information content (AvgIpc) is 3.03. The van der Waals surface area contributed by atoms with Gasteiger partial charge in [-0.2, -0.15) is 0 Å². The van der Waals surface area contributed by atoms with Crippen molar-refractivity contribution in [2.75, 3.05) is 19.6 Å². The van der Waals surface area contributed by atoms with Crippen LogP contribution >= 0.6 is 0 Å². The van der Waals surface area contributed by atoms with Gasteiger partial charge in [0.1, 0.15) is 0 Å². The first-order valence-corrected chi connectivity index (χ1v) is 6.41. The summed E-state index contributed by atoms with van der Waals surface area (Å²) in [5, 5.41) is 3.63. The molecule has 2 atom stereocenters. The molecule has 80 valence electrons. The Hall–Kier alpha value is -0.0800. The Morgan fingerprint density at radius 2 is 1.93 bits per heavy atom. The molecule has 2 unspecified atom stereocenters. The molecule has 0 spiro atoms. The predicted molar refractivity (Wildman–Crippen MR) is 58.3 cm³/mol. The highest BCUT2D eigenvalue weighted by Gasteiger charge is 2.39. The Balaban J connectivity index is 1.74. The van der Waals surface area contributed by atoms with Crippen molar-refractivity contribution in [2.24, 2.45) is 5.92 Å². The first kappa shape index (κ1) is 9.17. The van der Waals surface area contributed by atoms with Crippen molar-refractivity contribution in [2.45, 2.75) is 50.6 Å². The molecule has 3 rings (SSSR count). The fourth-order valence-electron chi connectivity index (χ4n) is 3.32. The van der Waals surface area contributed by atoms with E-state index in [0.717, 1.165) is 18.0 Å². The summed E-state index contributed by atoms with van der Waals surface area (Å²) < 4.78 is 0. The summed E-state index contributed by atoms with van der Waals surface area (Å²) in [6.45, 7) is 3.90. The van der Waals surface area contributed by atoms with Crippen molar-refractivity contribution in [3.05, 3.63) is 0 Å². The zero-order chi connectivity index (χ0) is 9.38. The number of nitrogens with one attached hydrogen (secondary N) is 1. The van der Waals surface area contributed by atoms with Crippen LogP contribution in [0.1, 0.15) is 38.5 Å². The van der Waals surface area contributed by atoms with Gasteiger partial charge in [-0.05, 0) is 51.1 Å². The number of nitrogens with zero attached hydrogens (tertiary/aromatic N) is 1. The molecule has 1 saturated carbocycles. The topological polar surface area (TPSA) is 15.3 Å². The van der Waals surface area contributed by atoms with Crippen LogP contribution in [0.25, 0.3) is 0 Å². The lowest BCUT2D eigenvalue weighted by Crippen LogP contribution is -2.48. The molecule has 0 aromatic rings. The van der Waals surface area contributed by atoms with E-state index in [1.165, 1.54) is 58.2 Å². The molecule has 0 aromatic heterocycles. The summed E-state index contributed by atoms with van der Waals surface area (Å²) in [7, 11) is 0. The quantitative estimate of drug-likeness (QED) is 0.682. The molecule has 2 nitrogen and oxygen atoms in total. The van der Waals surface area contributed by atoms with Crippen LogP contribution in [0.5, 0.6) is 0 Å². The second-order valence-electron chi connectivity index (χ2n) is 5.29. The molecular formula is C12H22N2. The van der Waals surface area contributed by atoms with Crippen molar-refractivity contribution < 1.29 is 0 Å². The normalized spacial score (nSPS) is 40.3. The number of hydrogen-bond donors (Lipinski definition) is 1. The molecule has 14 heavy (non-hydrogen) atoms. The molecular weight excluding hydrogens is 172 g/mol.